The molecular weight excluding hydrogens is 284 g/mol. The van der Waals surface area contributed by atoms with Gasteiger partial charge in [-0.05, 0) is 49.7 Å². The van der Waals surface area contributed by atoms with E-state index in [9.17, 15) is 8.42 Å². The summed E-state index contributed by atoms with van der Waals surface area (Å²) in [5.41, 5.74) is 1.07. The van der Waals surface area contributed by atoms with Crippen molar-refractivity contribution in [3.63, 3.8) is 0 Å². The van der Waals surface area contributed by atoms with E-state index in [-0.39, 0.29) is 6.04 Å². The van der Waals surface area contributed by atoms with Crippen LogP contribution in [0.25, 0.3) is 0 Å². The van der Waals surface area contributed by atoms with Gasteiger partial charge in [-0.15, -0.1) is 0 Å². The zero-order valence-electron chi connectivity index (χ0n) is 12.7. The van der Waals surface area contributed by atoms with Crippen LogP contribution in [0.5, 0.6) is 0 Å². The topological polar surface area (TPSA) is 58.2 Å². The van der Waals surface area contributed by atoms with Crippen molar-refractivity contribution < 1.29 is 8.42 Å². The lowest BCUT2D eigenvalue weighted by molar-refractivity contribution is 0.378. The minimum absolute atomic E-state index is 0.133. The second kappa shape index (κ2) is 5.29. The molecular formula is C16H24N2O2S. The molecule has 0 heterocycles. The molecule has 2 N–H and O–H groups in total. The minimum Gasteiger partial charge on any atom is -0.381 e. The monoisotopic (exact) mass is 308 g/mol. The van der Waals surface area contributed by atoms with E-state index in [2.05, 4.69) is 23.9 Å². The number of hydrogen-bond donors (Lipinski definition) is 2. The van der Waals surface area contributed by atoms with Crippen molar-refractivity contribution in [2.24, 2.45) is 5.41 Å². The summed E-state index contributed by atoms with van der Waals surface area (Å²) in [6.45, 7) is 4.54. The van der Waals surface area contributed by atoms with E-state index in [1.807, 2.05) is 12.1 Å². The summed E-state index contributed by atoms with van der Waals surface area (Å²) in [4.78, 5) is 0.376. The Balaban J connectivity index is 1.79. The van der Waals surface area contributed by atoms with Crippen molar-refractivity contribution in [1.82, 2.24) is 4.72 Å². The fourth-order valence-corrected chi connectivity index (χ4v) is 4.56. The van der Waals surface area contributed by atoms with Crippen molar-refractivity contribution >= 4 is 15.7 Å². The summed E-state index contributed by atoms with van der Waals surface area (Å²) >= 11 is 0. The molecule has 0 radical (unpaired) electrons. The van der Waals surface area contributed by atoms with Crippen LogP contribution in [-0.4, -0.2) is 20.5 Å². The van der Waals surface area contributed by atoms with E-state index in [0.29, 0.717) is 16.4 Å². The van der Waals surface area contributed by atoms with Crippen LogP contribution in [0.2, 0.25) is 0 Å². The zero-order chi connectivity index (χ0) is 15.1. The van der Waals surface area contributed by atoms with Crippen LogP contribution in [-0.2, 0) is 10.0 Å². The normalized spacial score (nSPS) is 25.0. The molecule has 0 saturated heterocycles. The summed E-state index contributed by atoms with van der Waals surface area (Å²) in [5.74, 6) is 0. The highest BCUT2D eigenvalue weighted by molar-refractivity contribution is 7.89. The molecule has 0 amide bonds. The molecule has 1 unspecified atom stereocenters. The number of rotatable bonds is 5. The maximum atomic E-state index is 12.5. The van der Waals surface area contributed by atoms with Crippen LogP contribution in [0.1, 0.15) is 46.0 Å². The molecule has 1 atom stereocenters. The molecule has 2 saturated carbocycles. The van der Waals surface area contributed by atoms with Crippen LogP contribution >= 0.6 is 0 Å². The second-order valence-electron chi connectivity index (χ2n) is 7.14. The van der Waals surface area contributed by atoms with Crippen LogP contribution < -0.4 is 10.0 Å². The van der Waals surface area contributed by atoms with Gasteiger partial charge in [0.05, 0.1) is 5.69 Å². The van der Waals surface area contributed by atoms with Crippen molar-refractivity contribution in [3.05, 3.63) is 24.3 Å². The van der Waals surface area contributed by atoms with Gasteiger partial charge in [-0.2, -0.15) is 0 Å². The summed E-state index contributed by atoms with van der Waals surface area (Å²) < 4.78 is 27.7. The summed E-state index contributed by atoms with van der Waals surface area (Å²) in [5, 5.41) is 3.45. The molecule has 1 aromatic rings. The Labute approximate surface area is 127 Å². The molecule has 0 aliphatic heterocycles. The lowest BCUT2D eigenvalue weighted by atomic mass is 9.92. The van der Waals surface area contributed by atoms with Gasteiger partial charge in [0.25, 0.3) is 0 Å². The highest BCUT2D eigenvalue weighted by atomic mass is 32.2. The van der Waals surface area contributed by atoms with Crippen molar-refractivity contribution in [2.75, 3.05) is 5.32 Å². The Morgan fingerprint density at radius 1 is 1.10 bits per heavy atom. The Morgan fingerprint density at radius 2 is 1.81 bits per heavy atom. The van der Waals surface area contributed by atoms with Crippen molar-refractivity contribution in [3.8, 4) is 0 Å². The molecule has 0 spiro atoms. The van der Waals surface area contributed by atoms with Crippen LogP contribution in [0, 0.1) is 5.41 Å². The third-order valence-corrected chi connectivity index (χ3v) is 5.98. The summed E-state index contributed by atoms with van der Waals surface area (Å²) in [6.07, 6.45) is 5.26. The maximum absolute atomic E-state index is 12.5. The Kier molecular flexibility index (Phi) is 3.74. The van der Waals surface area contributed by atoms with Crippen LogP contribution in [0.15, 0.2) is 29.2 Å². The first-order valence-corrected chi connectivity index (χ1v) is 9.22. The third kappa shape index (κ3) is 3.58. The van der Waals surface area contributed by atoms with Gasteiger partial charge in [0.15, 0.2) is 0 Å². The van der Waals surface area contributed by atoms with E-state index in [4.69, 9.17) is 0 Å². The van der Waals surface area contributed by atoms with Crippen molar-refractivity contribution in [1.29, 1.82) is 0 Å². The molecule has 0 bridgehead atoms. The first kappa shape index (κ1) is 14.9. The van der Waals surface area contributed by atoms with Gasteiger partial charge in [-0.3, -0.25) is 0 Å². The van der Waals surface area contributed by atoms with E-state index >= 15 is 0 Å². The molecule has 116 valence electrons. The molecule has 3 rings (SSSR count). The first-order valence-electron chi connectivity index (χ1n) is 7.74. The van der Waals surface area contributed by atoms with Gasteiger partial charge in [-0.25, -0.2) is 13.1 Å². The quantitative estimate of drug-likeness (QED) is 0.878. The van der Waals surface area contributed by atoms with Gasteiger partial charge in [0, 0.05) is 12.1 Å². The van der Waals surface area contributed by atoms with Gasteiger partial charge < -0.3 is 5.32 Å². The fourth-order valence-electron chi connectivity index (χ4n) is 3.08. The number of nitrogens with one attached hydrogen (secondary N) is 2. The number of anilines is 1. The molecule has 21 heavy (non-hydrogen) atoms. The van der Waals surface area contributed by atoms with E-state index < -0.39 is 10.0 Å². The third-order valence-electron chi connectivity index (χ3n) is 4.40. The second-order valence-corrected chi connectivity index (χ2v) is 8.82. The molecule has 2 aliphatic rings. The molecule has 5 heteroatoms. The lowest BCUT2D eigenvalue weighted by Crippen LogP contribution is -2.27. The average molecular weight is 308 g/mol. The molecule has 2 fully saturated rings. The number of sulfonamides is 1. The summed E-state index contributed by atoms with van der Waals surface area (Å²) in [7, 11) is -3.41. The lowest BCUT2D eigenvalue weighted by Gasteiger charge is -2.20. The Morgan fingerprint density at radius 3 is 2.43 bits per heavy atom. The Bertz CT molecular complexity index is 621. The SMILES string of the molecule is CC1(C)CCC(Nc2ccccc2S(=O)(=O)NC2CC2)C1. The van der Waals surface area contributed by atoms with Gasteiger partial charge >= 0.3 is 0 Å². The highest BCUT2D eigenvalue weighted by Gasteiger charge is 2.33. The predicted molar refractivity (Wildman–Crippen MR) is 84.8 cm³/mol. The summed E-state index contributed by atoms with van der Waals surface area (Å²) in [6, 6.07) is 7.72. The number of para-hydroxylation sites is 1. The van der Waals surface area contributed by atoms with E-state index in [0.717, 1.165) is 31.4 Å². The largest absolute Gasteiger partial charge is 0.381 e. The molecule has 1 aromatic carbocycles. The molecule has 4 nitrogen and oxygen atoms in total. The fraction of sp³-hybridized carbons (Fsp3) is 0.625. The first-order chi connectivity index (χ1) is 9.86. The highest BCUT2D eigenvalue weighted by Crippen LogP contribution is 2.39. The minimum atomic E-state index is -3.41. The van der Waals surface area contributed by atoms with Crippen molar-refractivity contribution in [2.45, 2.75) is 62.9 Å². The van der Waals surface area contributed by atoms with Gasteiger partial charge in [0.1, 0.15) is 4.90 Å². The molecule has 2 aliphatic carbocycles. The molecule has 0 aromatic heterocycles. The maximum Gasteiger partial charge on any atom is 0.242 e. The smallest absolute Gasteiger partial charge is 0.242 e. The van der Waals surface area contributed by atoms with Crippen LogP contribution in [0.3, 0.4) is 0 Å². The standard InChI is InChI=1S/C16H24N2O2S/c1-16(2)10-9-13(11-16)17-14-5-3-4-6-15(14)21(19,20)18-12-7-8-12/h3-6,12-13,17-18H,7-11H2,1-2H3. The van der Waals surface area contributed by atoms with E-state index in [1.54, 1.807) is 12.1 Å². The Hall–Kier alpha value is -1.07. The number of hydrogen-bond acceptors (Lipinski definition) is 3. The van der Waals surface area contributed by atoms with Crippen LogP contribution in [0.4, 0.5) is 5.69 Å². The van der Waals surface area contributed by atoms with Gasteiger partial charge in [-0.1, -0.05) is 26.0 Å². The zero-order valence-corrected chi connectivity index (χ0v) is 13.5. The van der Waals surface area contributed by atoms with E-state index in [1.165, 1.54) is 6.42 Å². The average Bonchev–Trinajstić information content (AvgIpc) is 3.13. The number of benzene rings is 1. The predicted octanol–water partition coefficient (Wildman–Crippen LogP) is 3.12. The van der Waals surface area contributed by atoms with Gasteiger partial charge in [0.2, 0.25) is 10.0 Å².